The van der Waals surface area contributed by atoms with Crippen LogP contribution in [0.1, 0.15) is 36.4 Å². The molecule has 0 amide bonds. The van der Waals surface area contributed by atoms with Crippen molar-refractivity contribution >= 4 is 5.82 Å². The average Bonchev–Trinajstić information content (AvgIpc) is 2.70. The molecule has 1 aromatic heterocycles. The zero-order valence-corrected chi connectivity index (χ0v) is 14.9. The molecule has 4 rings (SSSR count). The minimum absolute atomic E-state index is 0.479. The van der Waals surface area contributed by atoms with Gasteiger partial charge in [0.2, 0.25) is 0 Å². The summed E-state index contributed by atoms with van der Waals surface area (Å²) in [7, 11) is 0. The number of nitrogens with one attached hydrogen (secondary N) is 1. The van der Waals surface area contributed by atoms with Crippen molar-refractivity contribution in [2.45, 2.75) is 31.8 Å². The average molecular weight is 336 g/mol. The lowest BCUT2D eigenvalue weighted by Gasteiger charge is -2.38. The van der Waals surface area contributed by atoms with Gasteiger partial charge in [-0.1, -0.05) is 42.8 Å². The zero-order chi connectivity index (χ0) is 16.9. The summed E-state index contributed by atoms with van der Waals surface area (Å²) >= 11 is 0. The van der Waals surface area contributed by atoms with Crippen molar-refractivity contribution in [3.8, 4) is 0 Å². The first-order valence-corrected chi connectivity index (χ1v) is 9.60. The summed E-state index contributed by atoms with van der Waals surface area (Å²) in [4.78, 5) is 9.90. The number of hydrogen-bond acceptors (Lipinski definition) is 4. The van der Waals surface area contributed by atoms with E-state index in [-0.39, 0.29) is 0 Å². The molecule has 0 saturated carbocycles. The second-order valence-electron chi connectivity index (χ2n) is 7.12. The van der Waals surface area contributed by atoms with Gasteiger partial charge in [0.25, 0.3) is 0 Å². The summed E-state index contributed by atoms with van der Waals surface area (Å²) < 4.78 is 0. The number of aromatic nitrogens is 1. The maximum atomic E-state index is 4.79. The maximum absolute atomic E-state index is 4.79. The Bertz CT molecular complexity index is 667. The van der Waals surface area contributed by atoms with Crippen molar-refractivity contribution < 1.29 is 0 Å². The number of hydrogen-bond donors (Lipinski definition) is 1. The van der Waals surface area contributed by atoms with Crippen molar-refractivity contribution in [1.82, 2.24) is 15.2 Å². The molecule has 0 radical (unpaired) electrons. The van der Waals surface area contributed by atoms with Gasteiger partial charge in [0.15, 0.2) is 0 Å². The topological polar surface area (TPSA) is 31.4 Å². The normalized spacial score (nSPS) is 22.1. The molecule has 4 nitrogen and oxygen atoms in total. The number of nitrogens with zero attached hydrogens (tertiary/aromatic N) is 3. The van der Waals surface area contributed by atoms with Crippen LogP contribution < -0.4 is 10.2 Å². The third-order valence-corrected chi connectivity index (χ3v) is 5.43. The third-order valence-electron chi connectivity index (χ3n) is 5.43. The van der Waals surface area contributed by atoms with Crippen LogP contribution in [0.2, 0.25) is 0 Å². The molecule has 1 atom stereocenters. The molecule has 2 saturated heterocycles. The summed E-state index contributed by atoms with van der Waals surface area (Å²) in [5.41, 5.74) is 2.82. The van der Waals surface area contributed by atoms with Crippen LogP contribution in [0.4, 0.5) is 5.82 Å². The van der Waals surface area contributed by atoms with Gasteiger partial charge in [-0.3, -0.25) is 4.90 Å². The summed E-state index contributed by atoms with van der Waals surface area (Å²) in [5.74, 6) is 1.20. The van der Waals surface area contributed by atoms with Crippen LogP contribution in [0.25, 0.3) is 0 Å². The van der Waals surface area contributed by atoms with Gasteiger partial charge in [-0.15, -0.1) is 0 Å². The molecular formula is C21H28N4. The number of likely N-dealkylation sites (tertiary alicyclic amines) is 1. The van der Waals surface area contributed by atoms with Crippen molar-refractivity contribution in [3.63, 3.8) is 0 Å². The lowest BCUT2D eigenvalue weighted by Crippen LogP contribution is -2.45. The van der Waals surface area contributed by atoms with E-state index in [0.717, 1.165) is 32.7 Å². The van der Waals surface area contributed by atoms with Gasteiger partial charge in [0, 0.05) is 50.5 Å². The first kappa shape index (κ1) is 16.6. The minimum atomic E-state index is 0.479. The quantitative estimate of drug-likeness (QED) is 0.929. The van der Waals surface area contributed by atoms with Crippen LogP contribution in [-0.2, 0) is 6.54 Å². The summed E-state index contributed by atoms with van der Waals surface area (Å²) in [6.07, 6.45) is 5.79. The van der Waals surface area contributed by atoms with Gasteiger partial charge >= 0.3 is 0 Å². The Balaban J connectivity index is 1.60. The minimum Gasteiger partial charge on any atom is -0.354 e. The highest BCUT2D eigenvalue weighted by Gasteiger charge is 2.28. The summed E-state index contributed by atoms with van der Waals surface area (Å²) in [6.45, 7) is 6.41. The highest BCUT2D eigenvalue weighted by molar-refractivity contribution is 5.49. The van der Waals surface area contributed by atoms with E-state index in [1.54, 1.807) is 0 Å². The van der Waals surface area contributed by atoms with E-state index in [0.29, 0.717) is 6.04 Å². The molecule has 1 N–H and O–H groups in total. The predicted molar refractivity (Wildman–Crippen MR) is 103 cm³/mol. The van der Waals surface area contributed by atoms with Gasteiger partial charge in [-0.25, -0.2) is 4.98 Å². The van der Waals surface area contributed by atoms with E-state index >= 15 is 0 Å². The number of rotatable bonds is 4. The molecule has 25 heavy (non-hydrogen) atoms. The molecule has 2 aliphatic heterocycles. The first-order valence-electron chi connectivity index (χ1n) is 9.60. The molecular weight excluding hydrogens is 308 g/mol. The van der Waals surface area contributed by atoms with Crippen LogP contribution in [0.3, 0.4) is 0 Å². The number of piperidine rings is 1. The summed E-state index contributed by atoms with van der Waals surface area (Å²) in [6, 6.07) is 15.8. The Morgan fingerprint density at radius 3 is 2.64 bits per heavy atom. The van der Waals surface area contributed by atoms with E-state index in [1.165, 1.54) is 42.8 Å². The number of piperazine rings is 1. The fourth-order valence-electron chi connectivity index (χ4n) is 4.16. The number of anilines is 1. The van der Waals surface area contributed by atoms with E-state index in [1.807, 2.05) is 6.20 Å². The fourth-order valence-corrected chi connectivity index (χ4v) is 4.16. The Kier molecular flexibility index (Phi) is 5.28. The van der Waals surface area contributed by atoms with E-state index < -0.39 is 0 Å². The molecule has 132 valence electrons. The van der Waals surface area contributed by atoms with Crippen LogP contribution >= 0.6 is 0 Å². The largest absolute Gasteiger partial charge is 0.354 e. The fraction of sp³-hybridized carbons (Fsp3) is 0.476. The van der Waals surface area contributed by atoms with Gasteiger partial charge in [0.1, 0.15) is 5.82 Å². The standard InChI is InChI=1S/C21H28N4/c1-2-7-18(8-3-1)17-25-14-5-4-10-20(25)19-9-6-11-23-21(19)24-15-12-22-13-16-24/h1-3,6-9,11,20,22H,4-5,10,12-17H2/t20-/m1/s1. The maximum Gasteiger partial charge on any atom is 0.133 e. The summed E-state index contributed by atoms with van der Waals surface area (Å²) in [5, 5.41) is 3.45. The van der Waals surface area contributed by atoms with Crippen LogP contribution in [-0.4, -0.2) is 42.6 Å². The Labute approximate surface area is 150 Å². The highest BCUT2D eigenvalue weighted by atomic mass is 15.2. The molecule has 1 aromatic carbocycles. The van der Waals surface area contributed by atoms with Crippen LogP contribution in [0.5, 0.6) is 0 Å². The monoisotopic (exact) mass is 336 g/mol. The lowest BCUT2D eigenvalue weighted by atomic mass is 9.94. The molecule has 0 spiro atoms. The molecule has 4 heteroatoms. The Morgan fingerprint density at radius 2 is 1.80 bits per heavy atom. The molecule has 0 unspecified atom stereocenters. The Morgan fingerprint density at radius 1 is 0.960 bits per heavy atom. The van der Waals surface area contributed by atoms with Gasteiger partial charge in [-0.2, -0.15) is 0 Å². The molecule has 2 aliphatic rings. The smallest absolute Gasteiger partial charge is 0.133 e. The second kappa shape index (κ2) is 7.98. The number of benzene rings is 1. The predicted octanol–water partition coefficient (Wildman–Crippen LogP) is 3.22. The van der Waals surface area contributed by atoms with Crippen molar-refractivity contribution in [1.29, 1.82) is 0 Å². The van der Waals surface area contributed by atoms with Crippen LogP contribution in [0, 0.1) is 0 Å². The second-order valence-corrected chi connectivity index (χ2v) is 7.12. The van der Waals surface area contributed by atoms with Crippen molar-refractivity contribution in [2.24, 2.45) is 0 Å². The van der Waals surface area contributed by atoms with Gasteiger partial charge < -0.3 is 10.2 Å². The van der Waals surface area contributed by atoms with E-state index in [9.17, 15) is 0 Å². The highest BCUT2D eigenvalue weighted by Crippen LogP contribution is 2.36. The van der Waals surface area contributed by atoms with Crippen LogP contribution in [0.15, 0.2) is 48.7 Å². The molecule has 2 aromatic rings. The SMILES string of the molecule is c1ccc(CN2CCCC[C@@H]2c2cccnc2N2CCNCC2)cc1. The zero-order valence-electron chi connectivity index (χ0n) is 14.9. The third kappa shape index (κ3) is 3.86. The van der Waals surface area contributed by atoms with Gasteiger partial charge in [-0.05, 0) is 31.0 Å². The van der Waals surface area contributed by atoms with E-state index in [2.05, 4.69) is 57.6 Å². The first-order chi connectivity index (χ1) is 12.4. The molecule has 0 aliphatic carbocycles. The van der Waals surface area contributed by atoms with Crippen molar-refractivity contribution in [3.05, 3.63) is 59.8 Å². The molecule has 2 fully saturated rings. The van der Waals surface area contributed by atoms with Gasteiger partial charge in [0.05, 0.1) is 0 Å². The van der Waals surface area contributed by atoms with E-state index in [4.69, 9.17) is 4.98 Å². The number of pyridine rings is 1. The molecule has 3 heterocycles. The van der Waals surface area contributed by atoms with Crippen molar-refractivity contribution in [2.75, 3.05) is 37.6 Å². The lowest BCUT2D eigenvalue weighted by molar-refractivity contribution is 0.140. The Hall–Kier alpha value is -1.91. The molecule has 0 bridgehead atoms.